The molecule has 2 aliphatic heterocycles. The van der Waals surface area contributed by atoms with Crippen LogP contribution in [-0.2, 0) is 0 Å². The van der Waals surface area contributed by atoms with E-state index in [1.807, 2.05) is 6.92 Å². The normalized spacial score (nSPS) is 26.5. The Balaban J connectivity index is 1.41. The molecule has 4 nitrogen and oxygen atoms in total. The van der Waals surface area contributed by atoms with E-state index in [1.54, 1.807) is 11.3 Å². The summed E-state index contributed by atoms with van der Waals surface area (Å²) >= 11 is 1.75. The maximum Gasteiger partial charge on any atom is 0.134 e. The first kappa shape index (κ1) is 17.3. The van der Waals surface area contributed by atoms with Gasteiger partial charge in [0.25, 0.3) is 0 Å². The minimum Gasteiger partial charge on any atom is -0.301 e. The number of likely N-dealkylation sites (tertiary alicyclic amines) is 2. The number of aryl methyl sites for hydroxylation is 1. The smallest absolute Gasteiger partial charge is 0.134 e. The fourth-order valence-corrected chi connectivity index (χ4v) is 4.89. The molecule has 1 aromatic heterocycles. The Kier molecular flexibility index (Phi) is 6.05. The third-order valence-electron chi connectivity index (χ3n) is 5.86. The topological polar surface area (TPSA) is 32.3 Å². The van der Waals surface area contributed by atoms with Gasteiger partial charge in [0.1, 0.15) is 10.0 Å². The van der Waals surface area contributed by atoms with E-state index in [9.17, 15) is 0 Å². The predicted molar refractivity (Wildman–Crippen MR) is 96.9 cm³/mol. The fourth-order valence-electron chi connectivity index (χ4n) is 4.10. The van der Waals surface area contributed by atoms with Gasteiger partial charge < -0.3 is 4.90 Å². The van der Waals surface area contributed by atoms with Crippen LogP contribution < -0.4 is 0 Å². The van der Waals surface area contributed by atoms with Gasteiger partial charge in [-0.1, -0.05) is 6.42 Å². The monoisotopic (exact) mass is 336 g/mol. The summed E-state index contributed by atoms with van der Waals surface area (Å²) in [4.78, 5) is 5.32. The Labute approximate surface area is 145 Å². The molecular formula is C18H32N4S. The van der Waals surface area contributed by atoms with Crippen LogP contribution in [0.3, 0.4) is 0 Å². The fraction of sp³-hybridized carbons (Fsp3) is 0.889. The molecule has 2 saturated heterocycles. The molecule has 23 heavy (non-hydrogen) atoms. The SMILES string of the molecule is Cc1nnc(C(C)N2CCC(CCN3CCCCC3C)CC2)s1. The minimum atomic E-state index is 0.435. The van der Waals surface area contributed by atoms with E-state index in [0.717, 1.165) is 17.0 Å². The lowest BCUT2D eigenvalue weighted by Gasteiger charge is -2.37. The van der Waals surface area contributed by atoms with Crippen LogP contribution in [0.25, 0.3) is 0 Å². The molecule has 0 saturated carbocycles. The van der Waals surface area contributed by atoms with E-state index in [-0.39, 0.29) is 0 Å². The molecule has 3 rings (SSSR count). The van der Waals surface area contributed by atoms with Crippen LogP contribution in [0.2, 0.25) is 0 Å². The molecule has 0 amide bonds. The van der Waals surface area contributed by atoms with Gasteiger partial charge in [-0.05, 0) is 85.0 Å². The molecule has 0 spiro atoms. The molecule has 0 bridgehead atoms. The molecule has 0 radical (unpaired) electrons. The number of aromatic nitrogens is 2. The molecule has 0 aromatic carbocycles. The third kappa shape index (κ3) is 4.52. The number of rotatable bonds is 5. The van der Waals surface area contributed by atoms with E-state index >= 15 is 0 Å². The standard InChI is InChI=1S/C18H32N4S/c1-14-6-4-5-10-21(14)11-7-17-8-12-22(13-9-17)15(2)18-20-19-16(3)23-18/h14-15,17H,4-13H2,1-3H3. The van der Waals surface area contributed by atoms with Gasteiger partial charge in [0, 0.05) is 6.04 Å². The van der Waals surface area contributed by atoms with Crippen LogP contribution in [0.4, 0.5) is 0 Å². The summed E-state index contributed by atoms with van der Waals surface area (Å²) in [7, 11) is 0. The molecule has 2 unspecified atom stereocenters. The van der Waals surface area contributed by atoms with Gasteiger partial charge in [-0.2, -0.15) is 0 Å². The first-order chi connectivity index (χ1) is 11.1. The van der Waals surface area contributed by atoms with Gasteiger partial charge in [0.15, 0.2) is 0 Å². The summed E-state index contributed by atoms with van der Waals surface area (Å²) in [5, 5.41) is 10.8. The van der Waals surface area contributed by atoms with Gasteiger partial charge in [0.2, 0.25) is 0 Å². The molecule has 0 aliphatic carbocycles. The predicted octanol–water partition coefficient (Wildman–Crippen LogP) is 3.88. The highest BCUT2D eigenvalue weighted by Crippen LogP contribution is 2.29. The second kappa shape index (κ2) is 8.04. The molecule has 3 heterocycles. The molecule has 2 fully saturated rings. The number of hydrogen-bond acceptors (Lipinski definition) is 5. The van der Waals surface area contributed by atoms with Crippen molar-refractivity contribution in [1.82, 2.24) is 20.0 Å². The first-order valence-corrected chi connectivity index (χ1v) is 10.2. The van der Waals surface area contributed by atoms with Crippen molar-refractivity contribution < 1.29 is 0 Å². The molecule has 1 aromatic rings. The maximum absolute atomic E-state index is 4.34. The van der Waals surface area contributed by atoms with E-state index in [2.05, 4.69) is 33.8 Å². The zero-order valence-corrected chi connectivity index (χ0v) is 15.8. The van der Waals surface area contributed by atoms with Crippen LogP contribution in [0.5, 0.6) is 0 Å². The zero-order chi connectivity index (χ0) is 16.2. The Morgan fingerprint density at radius 1 is 1.13 bits per heavy atom. The van der Waals surface area contributed by atoms with Crippen molar-refractivity contribution in [3.63, 3.8) is 0 Å². The van der Waals surface area contributed by atoms with E-state index in [0.29, 0.717) is 6.04 Å². The second-order valence-electron chi connectivity index (χ2n) is 7.48. The van der Waals surface area contributed by atoms with Crippen molar-refractivity contribution in [2.24, 2.45) is 5.92 Å². The van der Waals surface area contributed by atoms with E-state index in [4.69, 9.17) is 0 Å². The summed E-state index contributed by atoms with van der Waals surface area (Å²) in [5.41, 5.74) is 0. The Morgan fingerprint density at radius 2 is 1.91 bits per heavy atom. The van der Waals surface area contributed by atoms with Gasteiger partial charge in [-0.15, -0.1) is 21.5 Å². The molecule has 2 atom stereocenters. The van der Waals surface area contributed by atoms with Crippen molar-refractivity contribution >= 4 is 11.3 Å². The average Bonchev–Trinajstić information content (AvgIpc) is 3.00. The van der Waals surface area contributed by atoms with Gasteiger partial charge in [0.05, 0.1) is 6.04 Å². The quantitative estimate of drug-likeness (QED) is 0.817. The summed E-state index contributed by atoms with van der Waals surface area (Å²) in [6.07, 6.45) is 8.33. The highest BCUT2D eigenvalue weighted by molar-refractivity contribution is 7.11. The van der Waals surface area contributed by atoms with E-state index in [1.165, 1.54) is 69.7 Å². The van der Waals surface area contributed by atoms with Crippen LogP contribution in [0.15, 0.2) is 0 Å². The molecule has 130 valence electrons. The average molecular weight is 337 g/mol. The molecule has 2 aliphatic rings. The molecule has 0 N–H and O–H groups in total. The largest absolute Gasteiger partial charge is 0.301 e. The molecule has 5 heteroatoms. The number of hydrogen-bond donors (Lipinski definition) is 0. The maximum atomic E-state index is 4.34. The van der Waals surface area contributed by atoms with Gasteiger partial charge in [-0.3, -0.25) is 4.90 Å². The Hall–Kier alpha value is -0.520. The van der Waals surface area contributed by atoms with Crippen molar-refractivity contribution in [3.05, 3.63) is 10.0 Å². The summed E-state index contributed by atoms with van der Waals surface area (Å²) in [6, 6.07) is 1.24. The zero-order valence-electron chi connectivity index (χ0n) is 15.0. The summed E-state index contributed by atoms with van der Waals surface area (Å²) in [6.45, 7) is 11.8. The van der Waals surface area contributed by atoms with Crippen molar-refractivity contribution in [3.8, 4) is 0 Å². The van der Waals surface area contributed by atoms with E-state index < -0.39 is 0 Å². The van der Waals surface area contributed by atoms with Crippen molar-refractivity contribution in [1.29, 1.82) is 0 Å². The van der Waals surface area contributed by atoms with Crippen LogP contribution in [-0.4, -0.2) is 52.2 Å². The lowest BCUT2D eigenvalue weighted by Crippen LogP contribution is -2.40. The Bertz CT molecular complexity index is 481. The number of nitrogens with zero attached hydrogens (tertiary/aromatic N) is 4. The summed E-state index contributed by atoms with van der Waals surface area (Å²) in [5.74, 6) is 0.920. The summed E-state index contributed by atoms with van der Waals surface area (Å²) < 4.78 is 0. The molecular weight excluding hydrogens is 304 g/mol. The second-order valence-corrected chi connectivity index (χ2v) is 8.70. The minimum absolute atomic E-state index is 0.435. The first-order valence-electron chi connectivity index (χ1n) is 9.41. The lowest BCUT2D eigenvalue weighted by atomic mass is 9.92. The number of piperidine rings is 2. The van der Waals surface area contributed by atoms with Crippen LogP contribution in [0.1, 0.15) is 68.4 Å². The lowest BCUT2D eigenvalue weighted by molar-refractivity contribution is 0.112. The third-order valence-corrected chi connectivity index (χ3v) is 6.87. The highest BCUT2D eigenvalue weighted by Gasteiger charge is 2.26. The van der Waals surface area contributed by atoms with Crippen LogP contribution >= 0.6 is 11.3 Å². The van der Waals surface area contributed by atoms with Gasteiger partial charge in [-0.25, -0.2) is 0 Å². The van der Waals surface area contributed by atoms with Crippen molar-refractivity contribution in [2.75, 3.05) is 26.2 Å². The Morgan fingerprint density at radius 3 is 2.57 bits per heavy atom. The highest BCUT2D eigenvalue weighted by atomic mass is 32.1. The van der Waals surface area contributed by atoms with Crippen LogP contribution in [0, 0.1) is 12.8 Å². The van der Waals surface area contributed by atoms with Crippen molar-refractivity contribution in [2.45, 2.75) is 71.4 Å². The van der Waals surface area contributed by atoms with Gasteiger partial charge >= 0.3 is 0 Å².